The van der Waals surface area contributed by atoms with Crippen LogP contribution >= 0.6 is 0 Å². The molecule has 47 heavy (non-hydrogen) atoms. The topological polar surface area (TPSA) is 57.2 Å². The van der Waals surface area contributed by atoms with Gasteiger partial charge in [0.1, 0.15) is 23.0 Å². The predicted octanol–water partition coefficient (Wildman–Crippen LogP) is 10.1. The van der Waals surface area contributed by atoms with Crippen molar-refractivity contribution in [2.24, 2.45) is 0 Å². The summed E-state index contributed by atoms with van der Waals surface area (Å²) in [5.41, 5.74) is 7.87. The van der Waals surface area contributed by atoms with Gasteiger partial charge in [-0.1, -0.05) is 78.9 Å². The molecular weight excluding hydrogens is 578 g/mol. The number of rotatable bonds is 4. The van der Waals surface area contributed by atoms with Gasteiger partial charge in [0.2, 0.25) is 0 Å². The third-order valence-corrected chi connectivity index (χ3v) is 9.03. The van der Waals surface area contributed by atoms with Gasteiger partial charge in [-0.15, -0.1) is 0 Å². The van der Waals surface area contributed by atoms with Crippen LogP contribution in [0.2, 0.25) is 0 Å². The minimum atomic E-state index is 0.733. The SMILES string of the molecule is c1ccc(-n2c3ccccc3c3ccc(Oc4cccc(-c5cc6nc7c8ccccc8c8ccccc8n7c6cn5)c4)cc32)nc1. The zero-order valence-corrected chi connectivity index (χ0v) is 25.1. The Morgan fingerprint density at radius 3 is 2.06 bits per heavy atom. The molecule has 0 spiro atoms. The van der Waals surface area contributed by atoms with E-state index in [2.05, 4.69) is 111 Å². The Bertz CT molecular complexity index is 2830. The number of aromatic nitrogens is 5. The molecule has 5 aromatic heterocycles. The summed E-state index contributed by atoms with van der Waals surface area (Å²) in [7, 11) is 0. The van der Waals surface area contributed by atoms with Gasteiger partial charge < -0.3 is 4.74 Å². The number of pyridine rings is 3. The first kappa shape index (κ1) is 25.8. The lowest BCUT2D eigenvalue weighted by atomic mass is 10.1. The number of imidazole rings is 1. The lowest BCUT2D eigenvalue weighted by Crippen LogP contribution is -1.96. The van der Waals surface area contributed by atoms with Crippen LogP contribution in [0, 0.1) is 0 Å². The van der Waals surface area contributed by atoms with Crippen LogP contribution < -0.4 is 4.74 Å². The Morgan fingerprint density at radius 2 is 1.21 bits per heavy atom. The Labute approximate surface area is 268 Å². The molecule has 5 heterocycles. The molecule has 10 rings (SSSR count). The fourth-order valence-electron chi connectivity index (χ4n) is 6.97. The van der Waals surface area contributed by atoms with Crippen molar-refractivity contribution in [2.45, 2.75) is 0 Å². The molecule has 220 valence electrons. The molecule has 0 amide bonds. The molecule has 0 saturated heterocycles. The molecule has 0 radical (unpaired) electrons. The standard InChI is InChI=1S/C41H25N5O/c1-2-15-33-29(12-1)30-13-3-6-17-37(30)46-39-25-43-34(24-35(39)44-41(33)46)26-10-9-11-27(22-26)47-28-19-20-32-31-14-4-5-16-36(31)45(38(32)23-28)40-18-7-8-21-42-40/h1-25H. The number of hydrogen-bond donors (Lipinski definition) is 0. The summed E-state index contributed by atoms with van der Waals surface area (Å²) in [5, 5.41) is 5.84. The van der Waals surface area contributed by atoms with Gasteiger partial charge >= 0.3 is 0 Å². The molecule has 10 aromatic rings. The maximum absolute atomic E-state index is 6.49. The molecule has 6 heteroatoms. The molecular formula is C41H25N5O. The van der Waals surface area contributed by atoms with Gasteiger partial charge in [0.15, 0.2) is 0 Å². The number of ether oxygens (including phenoxy) is 1. The van der Waals surface area contributed by atoms with E-state index >= 15 is 0 Å². The quantitative estimate of drug-likeness (QED) is 0.188. The van der Waals surface area contributed by atoms with Crippen LogP contribution in [-0.4, -0.2) is 23.9 Å². The van der Waals surface area contributed by atoms with Crippen LogP contribution in [0.15, 0.2) is 152 Å². The van der Waals surface area contributed by atoms with E-state index in [1.54, 1.807) is 0 Å². The minimum absolute atomic E-state index is 0.733. The van der Waals surface area contributed by atoms with Crippen molar-refractivity contribution >= 4 is 60.2 Å². The van der Waals surface area contributed by atoms with Crippen LogP contribution in [-0.2, 0) is 0 Å². The molecule has 5 aromatic carbocycles. The molecule has 0 aliphatic carbocycles. The third kappa shape index (κ3) is 3.95. The summed E-state index contributed by atoms with van der Waals surface area (Å²) < 4.78 is 10.9. The average molecular weight is 604 g/mol. The number of nitrogens with zero attached hydrogens (tertiary/aromatic N) is 5. The summed E-state index contributed by atoms with van der Waals surface area (Å²) >= 11 is 0. The Balaban J connectivity index is 1.06. The maximum atomic E-state index is 6.49. The van der Waals surface area contributed by atoms with E-state index in [1.165, 1.54) is 16.2 Å². The molecule has 6 nitrogen and oxygen atoms in total. The first-order valence-corrected chi connectivity index (χ1v) is 15.6. The van der Waals surface area contributed by atoms with Gasteiger partial charge in [-0.25, -0.2) is 9.97 Å². The number of benzene rings is 5. The van der Waals surface area contributed by atoms with Crippen LogP contribution in [0.25, 0.3) is 77.2 Å². The maximum Gasteiger partial charge on any atom is 0.146 e. The van der Waals surface area contributed by atoms with E-state index < -0.39 is 0 Å². The van der Waals surface area contributed by atoms with Crippen molar-refractivity contribution in [1.29, 1.82) is 0 Å². The van der Waals surface area contributed by atoms with E-state index in [0.717, 1.165) is 72.6 Å². The number of fused-ring (bicyclic) bond motifs is 11. The highest BCUT2D eigenvalue weighted by Gasteiger charge is 2.16. The summed E-state index contributed by atoms with van der Waals surface area (Å²) in [6.07, 6.45) is 3.76. The molecule has 0 fully saturated rings. The highest BCUT2D eigenvalue weighted by molar-refractivity contribution is 6.14. The molecule has 0 bridgehead atoms. The monoisotopic (exact) mass is 603 g/mol. The van der Waals surface area contributed by atoms with Crippen molar-refractivity contribution in [2.75, 3.05) is 0 Å². The van der Waals surface area contributed by atoms with Crippen molar-refractivity contribution in [1.82, 2.24) is 23.9 Å². The zero-order chi connectivity index (χ0) is 30.9. The van der Waals surface area contributed by atoms with Crippen LogP contribution in [0.4, 0.5) is 0 Å². The van der Waals surface area contributed by atoms with Crippen LogP contribution in [0.1, 0.15) is 0 Å². The first-order chi connectivity index (χ1) is 23.3. The molecule has 0 aliphatic heterocycles. The second-order valence-corrected chi connectivity index (χ2v) is 11.7. The zero-order valence-electron chi connectivity index (χ0n) is 25.1. The Morgan fingerprint density at radius 1 is 0.489 bits per heavy atom. The van der Waals surface area contributed by atoms with E-state index in [9.17, 15) is 0 Å². The normalized spacial score (nSPS) is 11.8. The predicted molar refractivity (Wildman–Crippen MR) is 190 cm³/mol. The van der Waals surface area contributed by atoms with Gasteiger partial charge in [-0.05, 0) is 60.0 Å². The Hall–Kier alpha value is -6.53. The lowest BCUT2D eigenvalue weighted by molar-refractivity contribution is 0.483. The average Bonchev–Trinajstić information content (AvgIpc) is 3.68. The summed E-state index contributed by atoms with van der Waals surface area (Å²) in [6, 6.07) is 47.7. The van der Waals surface area contributed by atoms with Gasteiger partial charge in [0, 0.05) is 39.4 Å². The highest BCUT2D eigenvalue weighted by atomic mass is 16.5. The highest BCUT2D eigenvalue weighted by Crippen LogP contribution is 2.36. The van der Waals surface area contributed by atoms with Crippen molar-refractivity contribution < 1.29 is 4.74 Å². The molecule has 0 aliphatic rings. The van der Waals surface area contributed by atoms with E-state index in [4.69, 9.17) is 14.7 Å². The molecule has 0 saturated carbocycles. The second kappa shape index (κ2) is 9.99. The minimum Gasteiger partial charge on any atom is -0.457 e. The fourth-order valence-corrected chi connectivity index (χ4v) is 6.97. The van der Waals surface area contributed by atoms with Crippen molar-refractivity contribution in [3.8, 4) is 28.6 Å². The van der Waals surface area contributed by atoms with E-state index in [-0.39, 0.29) is 0 Å². The van der Waals surface area contributed by atoms with E-state index in [0.29, 0.717) is 0 Å². The van der Waals surface area contributed by atoms with Gasteiger partial charge in [-0.3, -0.25) is 14.0 Å². The molecule has 0 N–H and O–H groups in total. The van der Waals surface area contributed by atoms with E-state index in [1.807, 2.05) is 54.9 Å². The van der Waals surface area contributed by atoms with Crippen LogP contribution in [0.3, 0.4) is 0 Å². The molecule has 0 atom stereocenters. The summed E-state index contributed by atoms with van der Waals surface area (Å²) in [5.74, 6) is 2.35. The van der Waals surface area contributed by atoms with Gasteiger partial charge in [0.05, 0.1) is 39.5 Å². The Kier molecular flexibility index (Phi) is 5.48. The largest absolute Gasteiger partial charge is 0.457 e. The van der Waals surface area contributed by atoms with Crippen molar-refractivity contribution in [3.63, 3.8) is 0 Å². The second-order valence-electron chi connectivity index (χ2n) is 11.7. The van der Waals surface area contributed by atoms with Crippen molar-refractivity contribution in [3.05, 3.63) is 152 Å². The number of hydrogen-bond acceptors (Lipinski definition) is 4. The third-order valence-electron chi connectivity index (χ3n) is 9.03. The van der Waals surface area contributed by atoms with Gasteiger partial charge in [-0.2, -0.15) is 0 Å². The number of para-hydroxylation sites is 2. The summed E-state index contributed by atoms with van der Waals surface area (Å²) in [6.45, 7) is 0. The fraction of sp³-hybridized carbons (Fsp3) is 0. The summed E-state index contributed by atoms with van der Waals surface area (Å²) in [4.78, 5) is 14.7. The van der Waals surface area contributed by atoms with Crippen LogP contribution in [0.5, 0.6) is 11.5 Å². The van der Waals surface area contributed by atoms with Gasteiger partial charge in [0.25, 0.3) is 0 Å². The smallest absolute Gasteiger partial charge is 0.146 e. The lowest BCUT2D eigenvalue weighted by Gasteiger charge is -2.10. The first-order valence-electron chi connectivity index (χ1n) is 15.6. The molecule has 0 unspecified atom stereocenters.